The second kappa shape index (κ2) is 5.91. The summed E-state index contributed by atoms with van der Waals surface area (Å²) in [4.78, 5) is 10.9. The van der Waals surface area contributed by atoms with E-state index >= 15 is 0 Å². The second-order valence-electron chi connectivity index (χ2n) is 7.25. The number of benzene rings is 3. The van der Waals surface area contributed by atoms with Crippen LogP contribution in [-0.2, 0) is 6.42 Å². The Morgan fingerprint density at radius 1 is 1.00 bits per heavy atom. The van der Waals surface area contributed by atoms with Gasteiger partial charge in [-0.3, -0.25) is 10.1 Å². The van der Waals surface area contributed by atoms with Crippen LogP contribution in [-0.4, -0.2) is 4.92 Å². The van der Waals surface area contributed by atoms with E-state index in [4.69, 9.17) is 0 Å². The van der Waals surface area contributed by atoms with Crippen molar-refractivity contribution >= 4 is 11.4 Å². The van der Waals surface area contributed by atoms with Crippen LogP contribution >= 0.6 is 0 Å². The van der Waals surface area contributed by atoms with Gasteiger partial charge < -0.3 is 5.32 Å². The zero-order valence-corrected chi connectivity index (χ0v) is 14.4. The number of nitro benzene ring substituents is 1. The van der Waals surface area contributed by atoms with Gasteiger partial charge in [-0.15, -0.1) is 0 Å². The summed E-state index contributed by atoms with van der Waals surface area (Å²) >= 11 is 0. The van der Waals surface area contributed by atoms with E-state index in [0.29, 0.717) is 0 Å². The molecule has 0 bridgehead atoms. The minimum Gasteiger partial charge on any atom is -0.378 e. The molecule has 3 aromatic rings. The van der Waals surface area contributed by atoms with Crippen molar-refractivity contribution in [3.8, 4) is 0 Å². The highest BCUT2D eigenvalue weighted by Crippen LogP contribution is 2.54. The van der Waals surface area contributed by atoms with Crippen LogP contribution in [0.2, 0.25) is 0 Å². The van der Waals surface area contributed by atoms with Crippen molar-refractivity contribution in [2.75, 3.05) is 5.32 Å². The van der Waals surface area contributed by atoms with Crippen molar-refractivity contribution in [3.63, 3.8) is 0 Å². The number of hydrogen-bond acceptors (Lipinski definition) is 3. The molecule has 3 atom stereocenters. The van der Waals surface area contributed by atoms with Gasteiger partial charge in [0.15, 0.2) is 0 Å². The quantitative estimate of drug-likeness (QED) is 0.504. The van der Waals surface area contributed by atoms with Crippen molar-refractivity contribution in [3.05, 3.63) is 105 Å². The molecule has 1 aliphatic heterocycles. The summed E-state index contributed by atoms with van der Waals surface area (Å²) in [5.74, 6) is 0.0617. The highest BCUT2D eigenvalue weighted by Gasteiger charge is 2.43. The zero-order chi connectivity index (χ0) is 18.5. The van der Waals surface area contributed by atoms with Gasteiger partial charge in [0.1, 0.15) is 5.82 Å². The van der Waals surface area contributed by atoms with E-state index in [0.717, 1.165) is 23.2 Å². The lowest BCUT2D eigenvalue weighted by Crippen LogP contribution is -2.30. The van der Waals surface area contributed by atoms with E-state index in [1.807, 2.05) is 24.3 Å². The number of hydrogen-bond donors (Lipinski definition) is 1. The Balaban J connectivity index is 1.68. The molecule has 5 heteroatoms. The number of nitrogens with one attached hydrogen (secondary N) is 1. The maximum Gasteiger partial charge on any atom is 0.269 e. The van der Waals surface area contributed by atoms with Gasteiger partial charge in [-0.2, -0.15) is 0 Å². The van der Waals surface area contributed by atoms with Crippen LogP contribution in [0.15, 0.2) is 66.7 Å². The Labute approximate surface area is 155 Å². The van der Waals surface area contributed by atoms with Gasteiger partial charge in [-0.1, -0.05) is 36.4 Å². The SMILES string of the molecule is O=[N+]([O-])c1ccc2c(c1)[C@@H]1c3ccccc3C[C@@H]1[C@H](c1ccc(F)cc1)N2. The van der Waals surface area contributed by atoms with E-state index in [1.165, 1.54) is 29.3 Å². The van der Waals surface area contributed by atoms with Gasteiger partial charge in [-0.05, 0) is 52.8 Å². The highest BCUT2D eigenvalue weighted by atomic mass is 19.1. The molecule has 1 aliphatic carbocycles. The smallest absolute Gasteiger partial charge is 0.269 e. The molecule has 5 rings (SSSR count). The predicted octanol–water partition coefficient (Wildman–Crippen LogP) is 5.20. The van der Waals surface area contributed by atoms with Crippen molar-refractivity contribution < 1.29 is 9.31 Å². The maximum absolute atomic E-state index is 13.4. The van der Waals surface area contributed by atoms with Crippen LogP contribution in [0.3, 0.4) is 0 Å². The lowest BCUT2D eigenvalue weighted by Gasteiger charge is -2.37. The molecule has 0 amide bonds. The van der Waals surface area contributed by atoms with Crippen LogP contribution in [0.4, 0.5) is 15.8 Å². The van der Waals surface area contributed by atoms with E-state index in [2.05, 4.69) is 17.4 Å². The number of anilines is 1. The van der Waals surface area contributed by atoms with Gasteiger partial charge in [0, 0.05) is 23.7 Å². The summed E-state index contributed by atoms with van der Waals surface area (Å²) < 4.78 is 13.4. The Bertz CT molecular complexity index is 1050. The minimum atomic E-state index is -0.345. The first-order chi connectivity index (χ1) is 13.1. The average molecular weight is 360 g/mol. The fraction of sp³-hybridized carbons (Fsp3) is 0.182. The molecule has 0 unspecified atom stereocenters. The molecule has 0 saturated carbocycles. The molecule has 0 saturated heterocycles. The van der Waals surface area contributed by atoms with Gasteiger partial charge in [-0.25, -0.2) is 4.39 Å². The zero-order valence-electron chi connectivity index (χ0n) is 14.4. The lowest BCUT2D eigenvalue weighted by atomic mass is 9.75. The number of halogens is 1. The molecule has 134 valence electrons. The summed E-state index contributed by atoms with van der Waals surface area (Å²) in [7, 11) is 0. The van der Waals surface area contributed by atoms with Crippen LogP contribution in [0.1, 0.15) is 34.2 Å². The summed E-state index contributed by atoms with van der Waals surface area (Å²) in [5, 5.41) is 14.9. The minimum absolute atomic E-state index is 0.0250. The third kappa shape index (κ3) is 2.50. The molecule has 0 fully saturated rings. The molecule has 2 aliphatic rings. The Morgan fingerprint density at radius 3 is 2.56 bits per heavy atom. The van der Waals surface area contributed by atoms with E-state index < -0.39 is 0 Å². The molecular formula is C22H17FN2O2. The van der Waals surface area contributed by atoms with Crippen LogP contribution < -0.4 is 5.32 Å². The van der Waals surface area contributed by atoms with Gasteiger partial charge >= 0.3 is 0 Å². The monoisotopic (exact) mass is 360 g/mol. The number of nitro groups is 1. The van der Waals surface area contributed by atoms with Crippen LogP contribution in [0, 0.1) is 21.8 Å². The fourth-order valence-corrected chi connectivity index (χ4v) is 4.66. The molecule has 0 spiro atoms. The number of fused-ring (bicyclic) bond motifs is 5. The summed E-state index contributed by atoms with van der Waals surface area (Å²) in [5.41, 5.74) is 5.53. The van der Waals surface area contributed by atoms with E-state index in [9.17, 15) is 14.5 Å². The first-order valence-electron chi connectivity index (χ1n) is 9.00. The molecule has 1 N–H and O–H groups in total. The normalized spacial score (nSPS) is 22.3. The molecule has 27 heavy (non-hydrogen) atoms. The molecule has 4 nitrogen and oxygen atoms in total. The Hall–Kier alpha value is -3.21. The third-order valence-electron chi connectivity index (χ3n) is 5.82. The average Bonchev–Trinajstić information content (AvgIpc) is 3.07. The highest BCUT2D eigenvalue weighted by molar-refractivity contribution is 5.65. The number of rotatable bonds is 2. The van der Waals surface area contributed by atoms with Crippen molar-refractivity contribution in [2.24, 2.45) is 5.92 Å². The first-order valence-corrected chi connectivity index (χ1v) is 9.00. The van der Waals surface area contributed by atoms with Gasteiger partial charge in [0.05, 0.1) is 11.0 Å². The molecule has 3 aromatic carbocycles. The summed E-state index contributed by atoms with van der Waals surface area (Å²) in [6, 6.07) is 20.0. The Kier molecular flexibility index (Phi) is 3.50. The summed E-state index contributed by atoms with van der Waals surface area (Å²) in [6.45, 7) is 0. The standard InChI is InChI=1S/C22H17FN2O2/c23-15-7-5-13(6-8-15)22-19-11-14-3-1-2-4-17(14)21(19)18-12-16(25(26)27)9-10-20(18)24-22/h1-10,12,19,21-22,24H,11H2/t19-,21-,22-/m0/s1. The largest absolute Gasteiger partial charge is 0.378 e. The second-order valence-corrected chi connectivity index (χ2v) is 7.25. The van der Waals surface area contributed by atoms with Crippen molar-refractivity contribution in [2.45, 2.75) is 18.4 Å². The van der Waals surface area contributed by atoms with Crippen LogP contribution in [0.25, 0.3) is 0 Å². The fourth-order valence-electron chi connectivity index (χ4n) is 4.66. The number of nitrogens with zero attached hydrogens (tertiary/aromatic N) is 1. The Morgan fingerprint density at radius 2 is 1.78 bits per heavy atom. The molecule has 0 radical (unpaired) electrons. The van der Waals surface area contributed by atoms with Gasteiger partial charge in [0.2, 0.25) is 0 Å². The number of non-ortho nitro benzene ring substituents is 1. The first kappa shape index (κ1) is 16.0. The van der Waals surface area contributed by atoms with Crippen molar-refractivity contribution in [1.82, 2.24) is 0 Å². The molecular weight excluding hydrogens is 343 g/mol. The van der Waals surface area contributed by atoms with Crippen LogP contribution in [0.5, 0.6) is 0 Å². The predicted molar refractivity (Wildman–Crippen MR) is 101 cm³/mol. The summed E-state index contributed by atoms with van der Waals surface area (Å²) in [6.07, 6.45) is 0.887. The van der Waals surface area contributed by atoms with Crippen molar-refractivity contribution in [1.29, 1.82) is 0 Å². The topological polar surface area (TPSA) is 55.2 Å². The lowest BCUT2D eigenvalue weighted by molar-refractivity contribution is -0.384. The van der Waals surface area contributed by atoms with Gasteiger partial charge in [0.25, 0.3) is 5.69 Å². The van der Waals surface area contributed by atoms with E-state index in [1.54, 1.807) is 12.1 Å². The maximum atomic E-state index is 13.4. The van der Waals surface area contributed by atoms with E-state index in [-0.39, 0.29) is 34.3 Å². The third-order valence-corrected chi connectivity index (χ3v) is 5.82. The molecule has 1 heterocycles. The molecule has 0 aromatic heterocycles.